The molecule has 1 aromatic rings. The van der Waals surface area contributed by atoms with E-state index in [9.17, 15) is 9.59 Å². The molecule has 0 saturated heterocycles. The predicted molar refractivity (Wildman–Crippen MR) is 49.2 cm³/mol. The van der Waals surface area contributed by atoms with E-state index in [4.69, 9.17) is 5.73 Å². The van der Waals surface area contributed by atoms with Crippen LogP contribution in [0.2, 0.25) is 0 Å². The maximum absolute atomic E-state index is 11.1. The lowest BCUT2D eigenvalue weighted by molar-refractivity contribution is -0.147. The van der Waals surface area contributed by atoms with E-state index >= 15 is 0 Å². The average Bonchev–Trinajstić information content (AvgIpc) is 2.16. The fourth-order valence-corrected chi connectivity index (χ4v) is 0.960. The van der Waals surface area contributed by atoms with Gasteiger partial charge in [0.2, 0.25) is 0 Å². The van der Waals surface area contributed by atoms with Gasteiger partial charge >= 0.3 is 5.97 Å². The molecule has 4 nitrogen and oxygen atoms in total. The summed E-state index contributed by atoms with van der Waals surface area (Å²) in [6.07, 6.45) is 0.133. The van der Waals surface area contributed by atoms with Crippen molar-refractivity contribution in [3.05, 3.63) is 35.9 Å². The smallest absolute Gasteiger partial charge is 0.310 e. The van der Waals surface area contributed by atoms with E-state index in [0.29, 0.717) is 0 Å². The summed E-state index contributed by atoms with van der Waals surface area (Å²) in [6.45, 7) is -0.467. The van der Waals surface area contributed by atoms with Crippen LogP contribution in [-0.4, -0.2) is 18.5 Å². The van der Waals surface area contributed by atoms with Gasteiger partial charge in [0.25, 0.3) is 5.91 Å². The highest BCUT2D eigenvalue weighted by Gasteiger charge is 2.05. The van der Waals surface area contributed by atoms with E-state index in [1.807, 2.05) is 18.2 Å². The Hall–Kier alpha value is -1.84. The van der Waals surface area contributed by atoms with Crippen molar-refractivity contribution in [1.82, 2.24) is 5.73 Å². The zero-order valence-electron chi connectivity index (χ0n) is 7.53. The lowest BCUT2D eigenvalue weighted by Gasteiger charge is -2.01. The number of esters is 1. The summed E-state index contributed by atoms with van der Waals surface area (Å²) in [6, 6.07) is 9.08. The third-order valence-electron chi connectivity index (χ3n) is 1.56. The van der Waals surface area contributed by atoms with Crippen molar-refractivity contribution in [1.29, 1.82) is 0 Å². The fraction of sp³-hybridized carbons (Fsp3) is 0.200. The molecule has 0 bridgehead atoms. The molecule has 4 heteroatoms. The number of hydrogen-bond acceptors (Lipinski definition) is 3. The zero-order valence-corrected chi connectivity index (χ0v) is 7.53. The van der Waals surface area contributed by atoms with Gasteiger partial charge < -0.3 is 4.74 Å². The Morgan fingerprint density at radius 1 is 1.21 bits per heavy atom. The molecule has 0 unspecified atom stereocenters. The highest BCUT2D eigenvalue weighted by atomic mass is 16.5. The lowest BCUT2D eigenvalue weighted by Crippen LogP contribution is -2.15. The molecular formula is C10H10NO3. The Kier molecular flexibility index (Phi) is 3.67. The van der Waals surface area contributed by atoms with Crippen LogP contribution < -0.4 is 5.73 Å². The number of carbonyl (C=O) groups is 2. The van der Waals surface area contributed by atoms with E-state index in [2.05, 4.69) is 4.74 Å². The topological polar surface area (TPSA) is 67.2 Å². The summed E-state index contributed by atoms with van der Waals surface area (Å²) in [4.78, 5) is 21.2. The maximum atomic E-state index is 11.1. The SMILES string of the molecule is [NH]C(=O)COC(=O)Cc1ccccc1. The van der Waals surface area contributed by atoms with Gasteiger partial charge in [-0.25, -0.2) is 0 Å². The molecule has 0 aliphatic rings. The minimum atomic E-state index is -0.897. The maximum Gasteiger partial charge on any atom is 0.310 e. The molecule has 0 heterocycles. The molecule has 0 aromatic heterocycles. The van der Waals surface area contributed by atoms with Crippen LogP contribution in [-0.2, 0) is 20.7 Å². The minimum Gasteiger partial charge on any atom is -0.455 e. The summed E-state index contributed by atoms with van der Waals surface area (Å²) < 4.78 is 4.53. The van der Waals surface area contributed by atoms with Crippen molar-refractivity contribution in [2.24, 2.45) is 0 Å². The van der Waals surface area contributed by atoms with Gasteiger partial charge in [0.05, 0.1) is 6.42 Å². The van der Waals surface area contributed by atoms with Gasteiger partial charge in [-0.2, -0.15) is 0 Å². The largest absolute Gasteiger partial charge is 0.455 e. The summed E-state index contributed by atoms with van der Waals surface area (Å²) in [5, 5.41) is 0. The fourth-order valence-electron chi connectivity index (χ4n) is 0.960. The molecule has 1 amide bonds. The summed E-state index contributed by atoms with van der Waals surface area (Å²) in [7, 11) is 0. The number of benzene rings is 1. The molecule has 0 aliphatic heterocycles. The number of carbonyl (C=O) groups excluding carboxylic acids is 2. The number of ether oxygens (including phenoxy) is 1. The van der Waals surface area contributed by atoms with Crippen LogP contribution in [0.15, 0.2) is 30.3 Å². The van der Waals surface area contributed by atoms with Crippen LogP contribution in [0.1, 0.15) is 5.56 Å². The highest BCUT2D eigenvalue weighted by Crippen LogP contribution is 2.00. The van der Waals surface area contributed by atoms with Crippen molar-refractivity contribution in [3.8, 4) is 0 Å². The van der Waals surface area contributed by atoms with Crippen molar-refractivity contribution in [2.45, 2.75) is 6.42 Å². The third-order valence-corrected chi connectivity index (χ3v) is 1.56. The van der Waals surface area contributed by atoms with E-state index < -0.39 is 18.5 Å². The second kappa shape index (κ2) is 5.01. The van der Waals surface area contributed by atoms with Crippen LogP contribution >= 0.6 is 0 Å². The van der Waals surface area contributed by atoms with Crippen molar-refractivity contribution < 1.29 is 14.3 Å². The quantitative estimate of drug-likeness (QED) is 0.655. The molecule has 14 heavy (non-hydrogen) atoms. The predicted octanol–water partition coefficient (Wildman–Crippen LogP) is 0.582. The van der Waals surface area contributed by atoms with Crippen molar-refractivity contribution in [2.75, 3.05) is 6.61 Å². The highest BCUT2D eigenvalue weighted by molar-refractivity contribution is 5.79. The summed E-state index contributed by atoms with van der Waals surface area (Å²) in [5.41, 5.74) is 7.36. The first-order valence-electron chi connectivity index (χ1n) is 4.12. The van der Waals surface area contributed by atoms with Gasteiger partial charge in [-0.1, -0.05) is 30.3 Å². The summed E-state index contributed by atoms with van der Waals surface area (Å²) in [5.74, 6) is -1.39. The number of amides is 1. The first kappa shape index (κ1) is 10.2. The van der Waals surface area contributed by atoms with Crippen LogP contribution in [0, 0.1) is 0 Å². The average molecular weight is 192 g/mol. The zero-order chi connectivity index (χ0) is 10.4. The number of hydrogen-bond donors (Lipinski definition) is 0. The van der Waals surface area contributed by atoms with Crippen LogP contribution in [0.25, 0.3) is 0 Å². The Bertz CT molecular complexity index is 321. The second-order valence-electron chi connectivity index (χ2n) is 2.75. The molecule has 1 aromatic carbocycles. The van der Waals surface area contributed by atoms with Gasteiger partial charge in [0, 0.05) is 0 Å². The standard InChI is InChI=1S/C10H10NO3/c11-9(12)7-14-10(13)6-8-4-2-1-3-5-8/h1-5,11H,6-7H2. The second-order valence-corrected chi connectivity index (χ2v) is 2.75. The first-order valence-corrected chi connectivity index (χ1v) is 4.12. The Balaban J connectivity index is 2.38. The molecule has 0 saturated carbocycles. The molecule has 73 valence electrons. The van der Waals surface area contributed by atoms with E-state index in [1.165, 1.54) is 0 Å². The molecule has 0 spiro atoms. The van der Waals surface area contributed by atoms with Gasteiger partial charge in [-0.3, -0.25) is 15.3 Å². The van der Waals surface area contributed by atoms with Gasteiger partial charge in [-0.05, 0) is 5.56 Å². The molecule has 1 rings (SSSR count). The van der Waals surface area contributed by atoms with Crippen molar-refractivity contribution >= 4 is 11.9 Å². The minimum absolute atomic E-state index is 0.133. The van der Waals surface area contributed by atoms with E-state index in [0.717, 1.165) is 5.56 Å². The molecule has 0 aliphatic carbocycles. The third kappa shape index (κ3) is 3.71. The first-order chi connectivity index (χ1) is 6.68. The molecule has 1 N–H and O–H groups in total. The monoisotopic (exact) mass is 192 g/mol. The van der Waals surface area contributed by atoms with Gasteiger partial charge in [0.15, 0.2) is 6.61 Å². The summed E-state index contributed by atoms with van der Waals surface area (Å²) >= 11 is 0. The van der Waals surface area contributed by atoms with E-state index in [1.54, 1.807) is 12.1 Å². The Morgan fingerprint density at radius 2 is 1.86 bits per heavy atom. The van der Waals surface area contributed by atoms with Gasteiger partial charge in [0.1, 0.15) is 0 Å². The molecule has 0 atom stereocenters. The van der Waals surface area contributed by atoms with Crippen LogP contribution in [0.5, 0.6) is 0 Å². The van der Waals surface area contributed by atoms with E-state index in [-0.39, 0.29) is 6.42 Å². The van der Waals surface area contributed by atoms with Gasteiger partial charge in [-0.15, -0.1) is 0 Å². The molecule has 1 radical (unpaired) electrons. The molecule has 0 fully saturated rings. The van der Waals surface area contributed by atoms with Crippen LogP contribution in [0.4, 0.5) is 0 Å². The Labute approximate surface area is 81.7 Å². The normalized spacial score (nSPS) is 9.43. The van der Waals surface area contributed by atoms with Crippen molar-refractivity contribution in [3.63, 3.8) is 0 Å². The molecular weight excluding hydrogens is 182 g/mol. The number of nitrogens with one attached hydrogen (secondary N) is 1. The van der Waals surface area contributed by atoms with Crippen LogP contribution in [0.3, 0.4) is 0 Å². The lowest BCUT2D eigenvalue weighted by atomic mass is 10.2. The Morgan fingerprint density at radius 3 is 2.43 bits per heavy atom. The number of rotatable bonds is 4.